The van der Waals surface area contributed by atoms with Crippen molar-refractivity contribution in [3.8, 4) is 17.9 Å². The van der Waals surface area contributed by atoms with E-state index < -0.39 is 0 Å². The Bertz CT molecular complexity index is 666. The van der Waals surface area contributed by atoms with Gasteiger partial charge >= 0.3 is 0 Å². The van der Waals surface area contributed by atoms with Crippen molar-refractivity contribution in [3.05, 3.63) is 29.8 Å². The highest BCUT2D eigenvalue weighted by Gasteiger charge is 2.51. The number of para-hydroxylation sites is 1. The number of hydrogen-bond acceptors (Lipinski definition) is 4. The van der Waals surface area contributed by atoms with Crippen LogP contribution in [0.3, 0.4) is 0 Å². The Labute approximate surface area is 164 Å². The van der Waals surface area contributed by atoms with Gasteiger partial charge in [0.2, 0.25) is 0 Å². The zero-order valence-corrected chi connectivity index (χ0v) is 17.1. The smallest absolute Gasteiger partial charge is 0.123 e. The van der Waals surface area contributed by atoms with E-state index in [0.29, 0.717) is 12.8 Å². The molecule has 1 aliphatic rings. The zero-order valence-electron chi connectivity index (χ0n) is 17.1. The summed E-state index contributed by atoms with van der Waals surface area (Å²) in [4.78, 5) is 2.44. The number of rotatable bonds is 10. The van der Waals surface area contributed by atoms with Gasteiger partial charge in [0.15, 0.2) is 0 Å². The Hall–Kier alpha value is -2.04. The van der Waals surface area contributed by atoms with Crippen molar-refractivity contribution in [2.75, 3.05) is 19.6 Å². The van der Waals surface area contributed by atoms with Crippen LogP contribution in [0.1, 0.15) is 64.9 Å². The molecule has 0 spiro atoms. The van der Waals surface area contributed by atoms with Crippen LogP contribution in [0.4, 0.5) is 0 Å². The second-order valence-corrected chi connectivity index (χ2v) is 7.84. The van der Waals surface area contributed by atoms with Crippen LogP contribution >= 0.6 is 0 Å². The summed E-state index contributed by atoms with van der Waals surface area (Å²) in [5.41, 5.74) is 0.674. The van der Waals surface area contributed by atoms with E-state index in [1.165, 1.54) is 5.56 Å². The maximum atomic E-state index is 9.25. The summed E-state index contributed by atoms with van der Waals surface area (Å²) in [6.45, 7) is 9.78. The molecule has 0 radical (unpaired) electrons. The minimum atomic E-state index is -0.359. The molecule has 2 rings (SSSR count). The normalized spacial score (nSPS) is 20.4. The highest BCUT2D eigenvalue weighted by Crippen LogP contribution is 2.52. The van der Waals surface area contributed by atoms with Crippen LogP contribution in [-0.4, -0.2) is 30.1 Å². The molecule has 1 heterocycles. The standard InChI is InChI=1S/C23H33N3O/c1-4-26(5-2)18-10-13-22(3)23(14-8-16-24,15-9-17-25)19-20-11-6-7-12-21(20)27-22/h6-7,11-12H,4-5,8-10,13-15,18-19H2,1-3H3. The summed E-state index contributed by atoms with van der Waals surface area (Å²) in [5.74, 6) is 0.965. The predicted octanol–water partition coefficient (Wildman–Crippen LogP) is 5.10. The number of ether oxygens (including phenoxy) is 1. The first-order valence-electron chi connectivity index (χ1n) is 10.3. The molecule has 146 valence electrons. The van der Waals surface area contributed by atoms with E-state index in [9.17, 15) is 10.5 Å². The molecular weight excluding hydrogens is 334 g/mol. The fourth-order valence-electron chi connectivity index (χ4n) is 4.57. The van der Waals surface area contributed by atoms with Gasteiger partial charge in [0.1, 0.15) is 11.4 Å². The number of nitriles is 2. The van der Waals surface area contributed by atoms with Crippen molar-refractivity contribution in [2.45, 2.75) is 71.3 Å². The third-order valence-corrected chi connectivity index (χ3v) is 6.41. The van der Waals surface area contributed by atoms with Crippen molar-refractivity contribution >= 4 is 0 Å². The lowest BCUT2D eigenvalue weighted by Crippen LogP contribution is -2.54. The maximum absolute atomic E-state index is 9.25. The van der Waals surface area contributed by atoms with Crippen LogP contribution in [0.15, 0.2) is 24.3 Å². The van der Waals surface area contributed by atoms with Crippen molar-refractivity contribution in [1.82, 2.24) is 4.90 Å². The summed E-state index contributed by atoms with van der Waals surface area (Å²) in [6.07, 6.45) is 5.44. The Kier molecular flexibility index (Phi) is 7.69. The second-order valence-electron chi connectivity index (χ2n) is 7.84. The lowest BCUT2D eigenvalue weighted by Gasteiger charge is -2.52. The van der Waals surface area contributed by atoms with Gasteiger partial charge in [-0.05, 0) is 70.3 Å². The third-order valence-electron chi connectivity index (χ3n) is 6.41. The van der Waals surface area contributed by atoms with E-state index >= 15 is 0 Å². The van der Waals surface area contributed by atoms with Gasteiger partial charge in [-0.2, -0.15) is 10.5 Å². The van der Waals surface area contributed by atoms with Gasteiger partial charge in [-0.15, -0.1) is 0 Å². The molecule has 1 unspecified atom stereocenters. The Balaban J connectivity index is 2.31. The monoisotopic (exact) mass is 367 g/mol. The first kappa shape index (κ1) is 21.3. The molecule has 1 aromatic carbocycles. The quantitative estimate of drug-likeness (QED) is 0.577. The van der Waals surface area contributed by atoms with Crippen LogP contribution in [0.5, 0.6) is 5.75 Å². The molecule has 0 saturated carbocycles. The summed E-state index contributed by atoms with van der Waals surface area (Å²) in [5, 5.41) is 18.5. The molecule has 1 aliphatic heterocycles. The highest BCUT2D eigenvalue weighted by atomic mass is 16.5. The molecule has 4 nitrogen and oxygen atoms in total. The van der Waals surface area contributed by atoms with Gasteiger partial charge in [-0.1, -0.05) is 32.0 Å². The second kappa shape index (κ2) is 9.77. The molecule has 0 aliphatic carbocycles. The maximum Gasteiger partial charge on any atom is 0.123 e. The predicted molar refractivity (Wildman–Crippen MR) is 108 cm³/mol. The number of benzene rings is 1. The van der Waals surface area contributed by atoms with Gasteiger partial charge < -0.3 is 9.64 Å². The van der Waals surface area contributed by atoms with E-state index in [-0.39, 0.29) is 11.0 Å². The van der Waals surface area contributed by atoms with E-state index in [0.717, 1.165) is 57.5 Å². The summed E-state index contributed by atoms with van der Waals surface area (Å²) >= 11 is 0. The third kappa shape index (κ3) is 4.82. The fraction of sp³-hybridized carbons (Fsp3) is 0.652. The summed E-state index contributed by atoms with van der Waals surface area (Å²) in [6, 6.07) is 12.9. The Morgan fingerprint density at radius 2 is 1.67 bits per heavy atom. The Morgan fingerprint density at radius 3 is 2.26 bits per heavy atom. The molecule has 0 fully saturated rings. The molecule has 4 heteroatoms. The molecule has 27 heavy (non-hydrogen) atoms. The van der Waals surface area contributed by atoms with E-state index in [1.54, 1.807) is 0 Å². The van der Waals surface area contributed by atoms with Gasteiger partial charge in [0, 0.05) is 18.3 Å². The van der Waals surface area contributed by atoms with E-state index in [4.69, 9.17) is 4.74 Å². The SMILES string of the molecule is CCN(CC)CCCC1(C)Oc2ccccc2CC1(CCC#N)CCC#N. The van der Waals surface area contributed by atoms with Crippen LogP contribution in [0.25, 0.3) is 0 Å². The molecular formula is C23H33N3O. The lowest BCUT2D eigenvalue weighted by molar-refractivity contribution is -0.0811. The first-order valence-corrected chi connectivity index (χ1v) is 10.3. The van der Waals surface area contributed by atoms with Crippen LogP contribution in [0.2, 0.25) is 0 Å². The van der Waals surface area contributed by atoms with Gasteiger partial charge in [0.05, 0.1) is 12.1 Å². The van der Waals surface area contributed by atoms with E-state index in [1.807, 2.05) is 12.1 Å². The lowest BCUT2D eigenvalue weighted by atomic mass is 9.61. The molecule has 1 atom stereocenters. The number of hydrogen-bond donors (Lipinski definition) is 0. The summed E-state index contributed by atoms with van der Waals surface area (Å²) < 4.78 is 6.64. The minimum absolute atomic E-state index is 0.171. The van der Waals surface area contributed by atoms with E-state index in [2.05, 4.69) is 49.9 Å². The molecule has 0 amide bonds. The van der Waals surface area contributed by atoms with Crippen LogP contribution < -0.4 is 4.74 Å². The highest BCUT2D eigenvalue weighted by molar-refractivity contribution is 5.38. The molecule has 0 aromatic heterocycles. The van der Waals surface area contributed by atoms with Gasteiger partial charge in [0.25, 0.3) is 0 Å². The average molecular weight is 368 g/mol. The van der Waals surface area contributed by atoms with Crippen molar-refractivity contribution in [1.29, 1.82) is 10.5 Å². The largest absolute Gasteiger partial charge is 0.487 e. The topological polar surface area (TPSA) is 60.0 Å². The number of fused-ring (bicyclic) bond motifs is 1. The average Bonchev–Trinajstić information content (AvgIpc) is 2.68. The van der Waals surface area contributed by atoms with Gasteiger partial charge in [-0.25, -0.2) is 0 Å². The molecule has 1 aromatic rings. The summed E-state index contributed by atoms with van der Waals surface area (Å²) in [7, 11) is 0. The van der Waals surface area contributed by atoms with Crippen molar-refractivity contribution < 1.29 is 4.74 Å². The number of nitrogens with zero attached hydrogens (tertiary/aromatic N) is 3. The Morgan fingerprint density at radius 1 is 1.04 bits per heavy atom. The van der Waals surface area contributed by atoms with Gasteiger partial charge in [-0.3, -0.25) is 0 Å². The molecule has 0 saturated heterocycles. The van der Waals surface area contributed by atoms with Crippen molar-refractivity contribution in [3.63, 3.8) is 0 Å². The van der Waals surface area contributed by atoms with Crippen molar-refractivity contribution in [2.24, 2.45) is 5.41 Å². The fourth-order valence-corrected chi connectivity index (χ4v) is 4.57. The first-order chi connectivity index (χ1) is 13.0. The zero-order chi connectivity index (χ0) is 19.8. The molecule has 0 N–H and O–H groups in total. The minimum Gasteiger partial charge on any atom is -0.487 e. The van der Waals surface area contributed by atoms with Crippen LogP contribution in [-0.2, 0) is 6.42 Å². The van der Waals surface area contributed by atoms with Crippen LogP contribution in [0, 0.1) is 28.1 Å². The molecule has 0 bridgehead atoms.